The molecule has 0 aliphatic heterocycles. The smallest absolute Gasteiger partial charge is 0.242 e. The van der Waals surface area contributed by atoms with E-state index >= 15 is 0 Å². The summed E-state index contributed by atoms with van der Waals surface area (Å²) in [5.74, 6) is 0.750. The van der Waals surface area contributed by atoms with Crippen LogP contribution in [0.4, 0.5) is 5.69 Å². The predicted molar refractivity (Wildman–Crippen MR) is 115 cm³/mol. The summed E-state index contributed by atoms with van der Waals surface area (Å²) in [5, 5.41) is 2.80. The predicted octanol–water partition coefficient (Wildman–Crippen LogP) is 2.67. The summed E-state index contributed by atoms with van der Waals surface area (Å²) in [4.78, 5) is 14.4. The Morgan fingerprint density at radius 1 is 0.966 bits per heavy atom. The summed E-state index contributed by atoms with van der Waals surface area (Å²) in [6, 6.07) is 15.9. The van der Waals surface area contributed by atoms with E-state index in [4.69, 9.17) is 4.74 Å². The van der Waals surface area contributed by atoms with Crippen LogP contribution in [0, 0.1) is 0 Å². The van der Waals surface area contributed by atoms with E-state index in [-0.39, 0.29) is 10.8 Å². The molecule has 0 bridgehead atoms. The molecule has 0 saturated heterocycles. The second-order valence-corrected chi connectivity index (χ2v) is 9.08. The van der Waals surface area contributed by atoms with E-state index in [1.165, 1.54) is 26.2 Å². The average Bonchev–Trinajstić information content (AvgIpc) is 2.71. The van der Waals surface area contributed by atoms with Crippen LogP contribution in [-0.2, 0) is 14.8 Å². The van der Waals surface area contributed by atoms with Gasteiger partial charge in [-0.1, -0.05) is 18.2 Å². The number of nitrogens with zero attached hydrogens (tertiary/aromatic N) is 2. The molecule has 2 rings (SSSR count). The van der Waals surface area contributed by atoms with Crippen LogP contribution in [0.15, 0.2) is 59.5 Å². The molecule has 158 valence electrons. The van der Waals surface area contributed by atoms with Crippen LogP contribution in [0.2, 0.25) is 0 Å². The highest BCUT2D eigenvalue weighted by Gasteiger charge is 2.16. The maximum absolute atomic E-state index is 12.1. The third kappa shape index (κ3) is 7.49. The number of benzene rings is 2. The fraction of sp³-hybridized carbons (Fsp3) is 0.381. The third-order valence-electron chi connectivity index (χ3n) is 4.33. The molecule has 0 aromatic heterocycles. The molecule has 29 heavy (non-hydrogen) atoms. The van der Waals surface area contributed by atoms with Crippen LogP contribution in [0.25, 0.3) is 0 Å². The van der Waals surface area contributed by atoms with E-state index in [2.05, 4.69) is 10.2 Å². The molecule has 2 aromatic rings. The standard InChI is InChI=1S/C21H29N3O4S/c1-23(2)29(26,27)20-12-10-18(11-13-20)22-21(25)14-16-24(3)15-7-17-28-19-8-5-4-6-9-19/h4-6,8-13H,7,14-17H2,1-3H3,(H,22,25). The number of rotatable bonds is 11. The fourth-order valence-electron chi connectivity index (χ4n) is 2.59. The Morgan fingerprint density at radius 3 is 2.24 bits per heavy atom. The van der Waals surface area contributed by atoms with Gasteiger partial charge >= 0.3 is 0 Å². The number of carbonyl (C=O) groups excluding carboxylic acids is 1. The molecule has 0 spiro atoms. The summed E-state index contributed by atoms with van der Waals surface area (Å²) in [6.45, 7) is 2.09. The van der Waals surface area contributed by atoms with E-state index in [9.17, 15) is 13.2 Å². The third-order valence-corrected chi connectivity index (χ3v) is 6.16. The second-order valence-electron chi connectivity index (χ2n) is 6.93. The molecule has 1 amide bonds. The van der Waals surface area contributed by atoms with Crippen molar-refractivity contribution in [3.8, 4) is 5.75 Å². The van der Waals surface area contributed by atoms with Gasteiger partial charge in [0, 0.05) is 39.3 Å². The number of sulfonamides is 1. The van der Waals surface area contributed by atoms with Crippen LogP contribution in [0.5, 0.6) is 5.75 Å². The molecule has 0 atom stereocenters. The Kier molecular flexibility index (Phi) is 8.63. The molecule has 0 heterocycles. The normalized spacial score (nSPS) is 11.6. The summed E-state index contributed by atoms with van der Waals surface area (Å²) in [6.07, 6.45) is 1.22. The highest BCUT2D eigenvalue weighted by molar-refractivity contribution is 7.89. The van der Waals surface area contributed by atoms with Crippen molar-refractivity contribution >= 4 is 21.6 Å². The number of para-hydroxylation sites is 1. The quantitative estimate of drug-likeness (QED) is 0.567. The molecular formula is C21H29N3O4S. The lowest BCUT2D eigenvalue weighted by Gasteiger charge is -2.16. The lowest BCUT2D eigenvalue weighted by atomic mass is 10.3. The molecule has 8 heteroatoms. The molecule has 1 N–H and O–H groups in total. The Morgan fingerprint density at radius 2 is 1.62 bits per heavy atom. The molecule has 0 unspecified atom stereocenters. The Balaban J connectivity index is 1.68. The zero-order valence-corrected chi connectivity index (χ0v) is 18.0. The minimum atomic E-state index is -3.47. The number of nitrogens with one attached hydrogen (secondary N) is 1. The number of carbonyl (C=O) groups is 1. The van der Waals surface area contributed by atoms with Gasteiger partial charge in [0.25, 0.3) is 0 Å². The number of ether oxygens (including phenoxy) is 1. The molecule has 0 radical (unpaired) electrons. The van der Waals surface area contributed by atoms with Gasteiger partial charge in [-0.2, -0.15) is 0 Å². The lowest BCUT2D eigenvalue weighted by Crippen LogP contribution is -2.26. The van der Waals surface area contributed by atoms with Crippen molar-refractivity contribution in [2.45, 2.75) is 17.7 Å². The largest absolute Gasteiger partial charge is 0.494 e. The molecule has 2 aromatic carbocycles. The first kappa shape index (κ1) is 22.9. The summed E-state index contributed by atoms with van der Waals surface area (Å²) in [7, 11) is 1.46. The summed E-state index contributed by atoms with van der Waals surface area (Å²) in [5.41, 5.74) is 0.576. The highest BCUT2D eigenvalue weighted by atomic mass is 32.2. The highest BCUT2D eigenvalue weighted by Crippen LogP contribution is 2.16. The first-order valence-corrected chi connectivity index (χ1v) is 10.9. The number of hydrogen-bond donors (Lipinski definition) is 1. The van der Waals surface area contributed by atoms with E-state index in [0.29, 0.717) is 25.3 Å². The van der Waals surface area contributed by atoms with Gasteiger partial charge in [0.2, 0.25) is 15.9 Å². The van der Waals surface area contributed by atoms with Crippen molar-refractivity contribution in [2.24, 2.45) is 0 Å². The Bertz CT molecular complexity index is 869. The van der Waals surface area contributed by atoms with E-state index in [1.807, 2.05) is 37.4 Å². The molecule has 0 aliphatic rings. The van der Waals surface area contributed by atoms with Crippen molar-refractivity contribution in [3.05, 3.63) is 54.6 Å². The van der Waals surface area contributed by atoms with Crippen molar-refractivity contribution in [1.82, 2.24) is 9.21 Å². The Hall–Kier alpha value is -2.42. The topological polar surface area (TPSA) is 79.0 Å². The van der Waals surface area contributed by atoms with Crippen LogP contribution in [0.3, 0.4) is 0 Å². The fourth-order valence-corrected chi connectivity index (χ4v) is 3.49. The van der Waals surface area contributed by atoms with Crippen molar-refractivity contribution in [3.63, 3.8) is 0 Å². The maximum atomic E-state index is 12.1. The first-order valence-electron chi connectivity index (χ1n) is 9.48. The van der Waals surface area contributed by atoms with Crippen LogP contribution >= 0.6 is 0 Å². The van der Waals surface area contributed by atoms with Crippen molar-refractivity contribution in [1.29, 1.82) is 0 Å². The molecule has 7 nitrogen and oxygen atoms in total. The molecule has 0 saturated carbocycles. The number of hydrogen-bond acceptors (Lipinski definition) is 5. The van der Waals surface area contributed by atoms with Crippen molar-refractivity contribution < 1.29 is 17.9 Å². The van der Waals surface area contributed by atoms with Gasteiger partial charge in [0.05, 0.1) is 11.5 Å². The average molecular weight is 420 g/mol. The maximum Gasteiger partial charge on any atom is 0.242 e. The van der Waals surface area contributed by atoms with Crippen LogP contribution < -0.4 is 10.1 Å². The number of anilines is 1. The van der Waals surface area contributed by atoms with Crippen molar-refractivity contribution in [2.75, 3.05) is 46.2 Å². The van der Waals surface area contributed by atoms with Gasteiger partial charge in [-0.25, -0.2) is 12.7 Å². The minimum absolute atomic E-state index is 0.111. The number of amides is 1. The van der Waals surface area contributed by atoms with Gasteiger partial charge in [0.15, 0.2) is 0 Å². The second kappa shape index (κ2) is 10.9. The van der Waals surface area contributed by atoms with E-state index in [0.717, 1.165) is 23.0 Å². The SMILES string of the molecule is CN(CCCOc1ccccc1)CCC(=O)Nc1ccc(S(=O)(=O)N(C)C)cc1. The van der Waals surface area contributed by atoms with Gasteiger partial charge in [-0.05, 0) is 49.9 Å². The molecule has 0 fully saturated rings. The monoisotopic (exact) mass is 419 g/mol. The Labute approximate surface area is 173 Å². The van der Waals surface area contributed by atoms with Gasteiger partial charge in [0.1, 0.15) is 5.75 Å². The van der Waals surface area contributed by atoms with Gasteiger partial charge in [-0.15, -0.1) is 0 Å². The minimum Gasteiger partial charge on any atom is -0.494 e. The molecular weight excluding hydrogens is 390 g/mol. The first-order chi connectivity index (χ1) is 13.8. The zero-order valence-electron chi connectivity index (χ0n) is 17.2. The van der Waals surface area contributed by atoms with E-state index < -0.39 is 10.0 Å². The van der Waals surface area contributed by atoms with Crippen LogP contribution in [-0.4, -0.2) is 64.4 Å². The lowest BCUT2D eigenvalue weighted by molar-refractivity contribution is -0.116. The summed E-state index contributed by atoms with van der Waals surface area (Å²) >= 11 is 0. The molecule has 0 aliphatic carbocycles. The van der Waals surface area contributed by atoms with Gasteiger partial charge in [-0.3, -0.25) is 4.79 Å². The van der Waals surface area contributed by atoms with Crippen LogP contribution in [0.1, 0.15) is 12.8 Å². The summed E-state index contributed by atoms with van der Waals surface area (Å²) < 4.78 is 30.9. The van der Waals surface area contributed by atoms with Gasteiger partial charge < -0.3 is 15.0 Å². The zero-order chi connectivity index (χ0) is 21.3. The van der Waals surface area contributed by atoms with E-state index in [1.54, 1.807) is 12.1 Å².